The van der Waals surface area contributed by atoms with Gasteiger partial charge in [-0.15, -0.1) is 0 Å². The lowest BCUT2D eigenvalue weighted by molar-refractivity contribution is -0.139. The minimum Gasteiger partial charge on any atom is -0.481 e. The van der Waals surface area contributed by atoms with E-state index in [1.54, 1.807) is 13.8 Å². The van der Waals surface area contributed by atoms with Gasteiger partial charge in [-0.2, -0.15) is 0 Å². The minimum absolute atomic E-state index is 0.0682. The van der Waals surface area contributed by atoms with Crippen molar-refractivity contribution in [3.8, 4) is 0 Å². The van der Waals surface area contributed by atoms with Crippen molar-refractivity contribution < 1.29 is 23.1 Å². The van der Waals surface area contributed by atoms with Crippen LogP contribution in [0.2, 0.25) is 0 Å². The fourth-order valence-electron chi connectivity index (χ4n) is 2.46. The molecule has 1 aromatic carbocycles. The summed E-state index contributed by atoms with van der Waals surface area (Å²) in [5.41, 5.74) is -0.710. The maximum atomic E-state index is 13.5. The Morgan fingerprint density at radius 2 is 1.82 bits per heavy atom. The minimum atomic E-state index is -1.55. The van der Waals surface area contributed by atoms with Gasteiger partial charge in [-0.1, -0.05) is 19.9 Å². The molecule has 1 fully saturated rings. The second kappa shape index (κ2) is 3.48. The van der Waals surface area contributed by atoms with Crippen LogP contribution in [0.1, 0.15) is 25.3 Å². The first-order chi connectivity index (χ1) is 7.78. The molecule has 0 aromatic heterocycles. The number of carboxylic acid groups (broad SMARTS) is 1. The summed E-state index contributed by atoms with van der Waals surface area (Å²) in [4.78, 5) is 10.9. The average Bonchev–Trinajstić information content (AvgIpc) is 2.78. The summed E-state index contributed by atoms with van der Waals surface area (Å²) in [5, 5.41) is 8.95. The van der Waals surface area contributed by atoms with Gasteiger partial charge in [-0.05, 0) is 17.0 Å². The molecule has 1 aromatic rings. The molecule has 0 heterocycles. The molecule has 2 unspecified atom stereocenters. The van der Waals surface area contributed by atoms with Gasteiger partial charge in [0.1, 0.15) is 0 Å². The van der Waals surface area contributed by atoms with Crippen molar-refractivity contribution in [3.05, 3.63) is 35.1 Å². The summed E-state index contributed by atoms with van der Waals surface area (Å²) in [6.45, 7) is 3.33. The first kappa shape index (κ1) is 12.0. The normalized spacial score (nSPS) is 25.7. The quantitative estimate of drug-likeness (QED) is 0.812. The highest BCUT2D eigenvalue weighted by Gasteiger charge is 2.63. The Kier molecular flexibility index (Phi) is 2.45. The first-order valence-electron chi connectivity index (χ1n) is 5.14. The smallest absolute Gasteiger partial charge is 0.307 e. The summed E-state index contributed by atoms with van der Waals surface area (Å²) < 4.78 is 39.3. The van der Waals surface area contributed by atoms with E-state index < -0.39 is 40.7 Å². The van der Waals surface area contributed by atoms with E-state index in [1.807, 2.05) is 0 Å². The van der Waals surface area contributed by atoms with Crippen LogP contribution in [0.5, 0.6) is 0 Å². The summed E-state index contributed by atoms with van der Waals surface area (Å²) in [7, 11) is 0. The molecule has 0 radical (unpaired) electrons. The van der Waals surface area contributed by atoms with Crippen LogP contribution in [0, 0.1) is 28.8 Å². The highest BCUT2D eigenvalue weighted by Crippen LogP contribution is 2.64. The van der Waals surface area contributed by atoms with Crippen molar-refractivity contribution in [2.75, 3.05) is 0 Å². The third-order valence-electron chi connectivity index (χ3n) is 3.49. The fraction of sp³-hybridized carbons (Fsp3) is 0.417. The van der Waals surface area contributed by atoms with E-state index in [0.29, 0.717) is 0 Å². The van der Waals surface area contributed by atoms with Gasteiger partial charge in [-0.3, -0.25) is 4.79 Å². The number of aliphatic carboxylic acids is 1. The van der Waals surface area contributed by atoms with Crippen LogP contribution in [0.4, 0.5) is 13.2 Å². The van der Waals surface area contributed by atoms with Gasteiger partial charge in [0.05, 0.1) is 5.92 Å². The number of carbonyl (C=O) groups is 1. The molecule has 1 aliphatic rings. The summed E-state index contributed by atoms with van der Waals surface area (Å²) in [5.74, 6) is -6.53. The summed E-state index contributed by atoms with van der Waals surface area (Å²) in [6.07, 6.45) is 0. The Bertz CT molecular complexity index is 497. The van der Waals surface area contributed by atoms with Crippen molar-refractivity contribution in [3.63, 3.8) is 0 Å². The third-order valence-corrected chi connectivity index (χ3v) is 3.49. The van der Waals surface area contributed by atoms with Crippen molar-refractivity contribution >= 4 is 5.97 Å². The molecule has 1 aliphatic carbocycles. The maximum absolute atomic E-state index is 13.5. The molecule has 1 saturated carbocycles. The van der Waals surface area contributed by atoms with E-state index in [4.69, 9.17) is 5.11 Å². The van der Waals surface area contributed by atoms with E-state index in [2.05, 4.69) is 0 Å². The van der Waals surface area contributed by atoms with Crippen LogP contribution >= 0.6 is 0 Å². The molecule has 1 N–H and O–H groups in total. The third kappa shape index (κ3) is 1.61. The first-order valence-corrected chi connectivity index (χ1v) is 5.14. The second-order valence-corrected chi connectivity index (χ2v) is 4.88. The Balaban J connectivity index is 2.44. The molecule has 5 heteroatoms. The SMILES string of the molecule is CC1(C)C(C(=O)O)C1c1ccc(F)c(F)c1F. The molecule has 2 rings (SSSR count). The van der Waals surface area contributed by atoms with Crippen molar-refractivity contribution in [2.45, 2.75) is 19.8 Å². The predicted octanol–water partition coefficient (Wildman–Crippen LogP) is 2.93. The van der Waals surface area contributed by atoms with Crippen molar-refractivity contribution in [1.82, 2.24) is 0 Å². The Morgan fingerprint density at radius 3 is 2.29 bits per heavy atom. The summed E-state index contributed by atoms with van der Waals surface area (Å²) >= 11 is 0. The Labute approximate surface area is 96.1 Å². The molecular formula is C12H11F3O2. The molecule has 0 saturated heterocycles. The Morgan fingerprint density at radius 1 is 1.24 bits per heavy atom. The van der Waals surface area contributed by atoms with Gasteiger partial charge >= 0.3 is 5.97 Å². The number of halogens is 3. The highest BCUT2D eigenvalue weighted by molar-refractivity contribution is 5.77. The second-order valence-electron chi connectivity index (χ2n) is 4.88. The number of hydrogen-bond acceptors (Lipinski definition) is 1. The monoisotopic (exact) mass is 244 g/mol. The molecule has 92 valence electrons. The van der Waals surface area contributed by atoms with Crippen LogP contribution in [-0.2, 0) is 4.79 Å². The van der Waals surface area contributed by atoms with Crippen LogP contribution in [0.15, 0.2) is 12.1 Å². The van der Waals surface area contributed by atoms with Crippen LogP contribution in [-0.4, -0.2) is 11.1 Å². The van der Waals surface area contributed by atoms with Gasteiger partial charge in [0.2, 0.25) is 0 Å². The molecule has 17 heavy (non-hydrogen) atoms. The number of carboxylic acids is 1. The number of rotatable bonds is 2. The van der Waals surface area contributed by atoms with Gasteiger partial charge < -0.3 is 5.11 Å². The number of benzene rings is 1. The largest absolute Gasteiger partial charge is 0.481 e. The highest BCUT2D eigenvalue weighted by atomic mass is 19.2. The van der Waals surface area contributed by atoms with Crippen molar-refractivity contribution in [2.24, 2.45) is 11.3 Å². The maximum Gasteiger partial charge on any atom is 0.307 e. The van der Waals surface area contributed by atoms with Crippen LogP contribution in [0.25, 0.3) is 0 Å². The zero-order chi connectivity index (χ0) is 13.0. The van der Waals surface area contributed by atoms with Crippen LogP contribution in [0.3, 0.4) is 0 Å². The van der Waals surface area contributed by atoms with E-state index in [0.717, 1.165) is 12.1 Å². The van der Waals surface area contributed by atoms with Gasteiger partial charge in [0.15, 0.2) is 17.5 Å². The lowest BCUT2D eigenvalue weighted by atomic mass is 10.0. The topological polar surface area (TPSA) is 37.3 Å². The van der Waals surface area contributed by atoms with E-state index in [1.165, 1.54) is 0 Å². The fourth-order valence-corrected chi connectivity index (χ4v) is 2.46. The van der Waals surface area contributed by atoms with Gasteiger partial charge in [0, 0.05) is 5.92 Å². The molecule has 0 aliphatic heterocycles. The zero-order valence-corrected chi connectivity index (χ0v) is 9.30. The molecule has 0 bridgehead atoms. The van der Waals surface area contributed by atoms with E-state index in [9.17, 15) is 18.0 Å². The lowest BCUT2D eigenvalue weighted by Gasteiger charge is -2.05. The number of hydrogen-bond donors (Lipinski definition) is 1. The molecule has 2 atom stereocenters. The van der Waals surface area contributed by atoms with Crippen LogP contribution < -0.4 is 0 Å². The van der Waals surface area contributed by atoms with Gasteiger partial charge in [0.25, 0.3) is 0 Å². The lowest BCUT2D eigenvalue weighted by Crippen LogP contribution is -2.03. The molecular weight excluding hydrogens is 233 g/mol. The standard InChI is InChI=1S/C12H11F3O2/c1-12(2)7(8(12)11(16)17)5-3-4-6(13)10(15)9(5)14/h3-4,7-8H,1-2H3,(H,16,17). The van der Waals surface area contributed by atoms with E-state index >= 15 is 0 Å². The van der Waals surface area contributed by atoms with E-state index in [-0.39, 0.29) is 5.56 Å². The zero-order valence-electron chi connectivity index (χ0n) is 9.30. The predicted molar refractivity (Wildman–Crippen MR) is 54.0 cm³/mol. The molecule has 0 spiro atoms. The molecule has 0 amide bonds. The molecule has 2 nitrogen and oxygen atoms in total. The van der Waals surface area contributed by atoms with Gasteiger partial charge in [-0.25, -0.2) is 13.2 Å². The summed E-state index contributed by atoms with van der Waals surface area (Å²) in [6, 6.07) is 1.93. The average molecular weight is 244 g/mol. The van der Waals surface area contributed by atoms with Crippen molar-refractivity contribution in [1.29, 1.82) is 0 Å². The Hall–Kier alpha value is -1.52.